The molecule has 0 saturated carbocycles. The lowest BCUT2D eigenvalue weighted by Crippen LogP contribution is -2.47. The van der Waals surface area contributed by atoms with Crippen molar-refractivity contribution in [1.82, 2.24) is 9.80 Å². The van der Waals surface area contributed by atoms with E-state index >= 15 is 0 Å². The van der Waals surface area contributed by atoms with Crippen molar-refractivity contribution in [1.29, 1.82) is 0 Å². The van der Waals surface area contributed by atoms with Gasteiger partial charge in [0.25, 0.3) is 0 Å². The first kappa shape index (κ1) is 15.6. The predicted molar refractivity (Wildman–Crippen MR) is 70.6 cm³/mol. The zero-order valence-corrected chi connectivity index (χ0v) is 12.4. The molecule has 1 N–H and O–H groups in total. The molecule has 21 heavy (non-hydrogen) atoms. The summed E-state index contributed by atoms with van der Waals surface area (Å²) in [7, 11) is 0. The van der Waals surface area contributed by atoms with E-state index in [1.807, 2.05) is 0 Å². The molecule has 0 aromatic carbocycles. The van der Waals surface area contributed by atoms with Gasteiger partial charge in [0, 0.05) is 6.42 Å². The summed E-state index contributed by atoms with van der Waals surface area (Å²) in [6.07, 6.45) is -1.33. The summed E-state index contributed by atoms with van der Waals surface area (Å²) in [6.45, 7) is 5.51. The van der Waals surface area contributed by atoms with Gasteiger partial charge in [0.15, 0.2) is 0 Å². The second kappa shape index (κ2) is 5.51. The molecule has 2 unspecified atom stereocenters. The van der Waals surface area contributed by atoms with Crippen LogP contribution >= 0.6 is 0 Å². The van der Waals surface area contributed by atoms with E-state index in [9.17, 15) is 19.5 Å². The number of nitrogens with zero attached hydrogens (tertiary/aromatic N) is 2. The quantitative estimate of drug-likeness (QED) is 0.842. The van der Waals surface area contributed by atoms with Gasteiger partial charge >= 0.3 is 12.2 Å². The molecule has 2 heterocycles. The van der Waals surface area contributed by atoms with Crippen LogP contribution in [0.2, 0.25) is 0 Å². The molecule has 0 bridgehead atoms. The van der Waals surface area contributed by atoms with Gasteiger partial charge in [-0.15, -0.1) is 0 Å². The standard InChI is InChI=1S/C13H20N2O6/c1-8-6-20-12(19)14(8)10(16)5-4-9-7-21-13(2,3)15(9)11(17)18/h8-9H,4-7H2,1-3H3,(H,17,18). The minimum Gasteiger partial charge on any atom is -0.465 e. The Kier molecular flexibility index (Phi) is 4.08. The Morgan fingerprint density at radius 2 is 2.05 bits per heavy atom. The van der Waals surface area contributed by atoms with E-state index in [1.54, 1.807) is 20.8 Å². The van der Waals surface area contributed by atoms with Gasteiger partial charge in [0.05, 0.1) is 18.7 Å². The van der Waals surface area contributed by atoms with Crippen LogP contribution in [-0.4, -0.2) is 64.0 Å². The molecule has 0 aromatic heterocycles. The Hall–Kier alpha value is -1.83. The molecule has 2 atom stereocenters. The lowest BCUT2D eigenvalue weighted by atomic mass is 10.1. The lowest BCUT2D eigenvalue weighted by molar-refractivity contribution is -0.129. The third kappa shape index (κ3) is 2.94. The number of carbonyl (C=O) groups is 3. The van der Waals surface area contributed by atoms with Crippen LogP contribution in [-0.2, 0) is 14.3 Å². The first-order chi connectivity index (χ1) is 9.74. The van der Waals surface area contributed by atoms with E-state index in [4.69, 9.17) is 9.47 Å². The monoisotopic (exact) mass is 300 g/mol. The van der Waals surface area contributed by atoms with Gasteiger partial charge in [-0.2, -0.15) is 0 Å². The van der Waals surface area contributed by atoms with Crippen molar-refractivity contribution in [3.8, 4) is 0 Å². The summed E-state index contributed by atoms with van der Waals surface area (Å²) < 4.78 is 10.3. The molecule has 0 radical (unpaired) electrons. The molecule has 118 valence electrons. The van der Waals surface area contributed by atoms with E-state index in [0.29, 0.717) is 6.42 Å². The second-order valence-electron chi connectivity index (χ2n) is 5.79. The van der Waals surface area contributed by atoms with Gasteiger partial charge in [-0.3, -0.25) is 9.69 Å². The fraction of sp³-hybridized carbons (Fsp3) is 0.769. The van der Waals surface area contributed by atoms with Gasteiger partial charge in [0.1, 0.15) is 12.3 Å². The van der Waals surface area contributed by atoms with Gasteiger partial charge in [-0.1, -0.05) is 0 Å². The number of imide groups is 1. The van der Waals surface area contributed by atoms with Crippen LogP contribution in [0.5, 0.6) is 0 Å². The van der Waals surface area contributed by atoms with Crippen LogP contribution in [0.15, 0.2) is 0 Å². The van der Waals surface area contributed by atoms with Gasteiger partial charge in [-0.25, -0.2) is 14.5 Å². The molecule has 2 aliphatic rings. The van der Waals surface area contributed by atoms with Gasteiger partial charge in [-0.05, 0) is 27.2 Å². The molecular weight excluding hydrogens is 280 g/mol. The number of rotatable bonds is 3. The van der Waals surface area contributed by atoms with E-state index in [1.165, 1.54) is 4.90 Å². The smallest absolute Gasteiger partial charge is 0.416 e. The summed E-state index contributed by atoms with van der Waals surface area (Å²) in [6, 6.07) is -0.674. The van der Waals surface area contributed by atoms with E-state index in [2.05, 4.69) is 0 Å². The van der Waals surface area contributed by atoms with Crippen molar-refractivity contribution < 1.29 is 29.0 Å². The average Bonchev–Trinajstić information content (AvgIpc) is 2.86. The number of amides is 3. The summed E-state index contributed by atoms with van der Waals surface area (Å²) in [4.78, 5) is 37.1. The largest absolute Gasteiger partial charge is 0.465 e. The lowest BCUT2D eigenvalue weighted by Gasteiger charge is -2.31. The number of hydrogen-bond donors (Lipinski definition) is 1. The third-order valence-electron chi connectivity index (χ3n) is 3.83. The van der Waals surface area contributed by atoms with Crippen molar-refractivity contribution >= 4 is 18.1 Å². The molecule has 2 rings (SSSR count). The maximum absolute atomic E-state index is 12.1. The highest BCUT2D eigenvalue weighted by molar-refractivity contribution is 5.93. The van der Waals surface area contributed by atoms with E-state index in [-0.39, 0.29) is 31.6 Å². The van der Waals surface area contributed by atoms with Crippen LogP contribution < -0.4 is 0 Å². The predicted octanol–water partition coefficient (Wildman–Crippen LogP) is 1.25. The zero-order chi connectivity index (χ0) is 15.8. The first-order valence-electron chi connectivity index (χ1n) is 6.89. The van der Waals surface area contributed by atoms with Crippen LogP contribution in [0.1, 0.15) is 33.6 Å². The Morgan fingerprint density at radius 3 is 2.57 bits per heavy atom. The fourth-order valence-electron chi connectivity index (χ4n) is 2.76. The molecule has 8 nitrogen and oxygen atoms in total. The summed E-state index contributed by atoms with van der Waals surface area (Å²) in [5.41, 5.74) is -0.903. The second-order valence-corrected chi connectivity index (χ2v) is 5.79. The number of carboxylic acid groups (broad SMARTS) is 1. The van der Waals surface area contributed by atoms with Crippen LogP contribution in [0.25, 0.3) is 0 Å². The maximum Gasteiger partial charge on any atom is 0.416 e. The van der Waals surface area contributed by atoms with Gasteiger partial charge in [0.2, 0.25) is 5.91 Å². The minimum absolute atomic E-state index is 0.0767. The van der Waals surface area contributed by atoms with Gasteiger partial charge < -0.3 is 14.6 Å². The number of hydrogen-bond acceptors (Lipinski definition) is 5. The Balaban J connectivity index is 1.95. The molecule has 2 fully saturated rings. The van der Waals surface area contributed by atoms with Crippen LogP contribution in [0.3, 0.4) is 0 Å². The molecular formula is C13H20N2O6. The highest BCUT2D eigenvalue weighted by Gasteiger charge is 2.44. The molecule has 0 aromatic rings. The SMILES string of the molecule is CC1COC(=O)N1C(=O)CCC1COC(C)(C)N1C(=O)O. The number of cyclic esters (lactones) is 1. The Labute approximate surface area is 122 Å². The van der Waals surface area contributed by atoms with Crippen LogP contribution in [0.4, 0.5) is 9.59 Å². The van der Waals surface area contributed by atoms with Crippen molar-refractivity contribution in [3.05, 3.63) is 0 Å². The van der Waals surface area contributed by atoms with Crippen molar-refractivity contribution in [3.63, 3.8) is 0 Å². The Bertz CT molecular complexity index is 464. The topological polar surface area (TPSA) is 96.4 Å². The molecule has 2 saturated heterocycles. The van der Waals surface area contributed by atoms with E-state index < -0.39 is 24.0 Å². The van der Waals surface area contributed by atoms with Crippen molar-refractivity contribution in [2.45, 2.75) is 51.4 Å². The van der Waals surface area contributed by atoms with Crippen molar-refractivity contribution in [2.75, 3.05) is 13.2 Å². The molecule has 0 aliphatic carbocycles. The van der Waals surface area contributed by atoms with E-state index in [0.717, 1.165) is 4.90 Å². The molecule has 2 aliphatic heterocycles. The molecule has 8 heteroatoms. The first-order valence-corrected chi connectivity index (χ1v) is 6.89. The summed E-state index contributed by atoms with van der Waals surface area (Å²) in [5.74, 6) is -0.347. The highest BCUT2D eigenvalue weighted by atomic mass is 16.6. The average molecular weight is 300 g/mol. The fourth-order valence-corrected chi connectivity index (χ4v) is 2.76. The normalized spacial score (nSPS) is 27.9. The van der Waals surface area contributed by atoms with Crippen LogP contribution in [0, 0.1) is 0 Å². The minimum atomic E-state index is -1.08. The maximum atomic E-state index is 12.1. The zero-order valence-electron chi connectivity index (χ0n) is 12.4. The summed E-state index contributed by atoms with van der Waals surface area (Å²) >= 11 is 0. The molecule has 0 spiro atoms. The number of ether oxygens (including phenoxy) is 2. The molecule has 3 amide bonds. The van der Waals surface area contributed by atoms with Crippen molar-refractivity contribution in [2.24, 2.45) is 0 Å². The highest BCUT2D eigenvalue weighted by Crippen LogP contribution is 2.29. The summed E-state index contributed by atoms with van der Waals surface area (Å²) in [5, 5.41) is 9.26. The number of carbonyl (C=O) groups excluding carboxylic acids is 2. The Morgan fingerprint density at radius 1 is 1.38 bits per heavy atom. The third-order valence-corrected chi connectivity index (χ3v) is 3.83.